The molecule has 168 valence electrons. The van der Waals surface area contributed by atoms with Crippen molar-refractivity contribution < 1.29 is 21.6 Å². The van der Waals surface area contributed by atoms with Crippen molar-refractivity contribution in [3.8, 4) is 0 Å². The first kappa shape index (κ1) is 21.8. The third-order valence-electron chi connectivity index (χ3n) is 5.98. The molecule has 0 radical (unpaired) electrons. The van der Waals surface area contributed by atoms with E-state index in [1.165, 1.54) is 8.99 Å². The van der Waals surface area contributed by atoms with Gasteiger partial charge in [0, 0.05) is 12.6 Å². The molecule has 11 heteroatoms. The summed E-state index contributed by atoms with van der Waals surface area (Å²) in [5.41, 5.74) is 2.35. The lowest BCUT2D eigenvalue weighted by Crippen LogP contribution is -2.40. The van der Waals surface area contributed by atoms with Gasteiger partial charge in [-0.25, -0.2) is 16.8 Å². The van der Waals surface area contributed by atoms with Gasteiger partial charge in [0.25, 0.3) is 10.0 Å². The smallest absolute Gasteiger partial charge is 0.268 e. The Balaban J connectivity index is 1.61. The molecule has 1 N–H and O–H groups in total. The monoisotopic (exact) mass is 466 g/mol. The zero-order chi connectivity index (χ0) is 22.6. The second-order valence-electron chi connectivity index (χ2n) is 8.18. The predicted octanol–water partition coefficient (Wildman–Crippen LogP) is 1.12. The summed E-state index contributed by atoms with van der Waals surface area (Å²) in [5, 5.41) is 7.12. The molecule has 2 aliphatic rings. The maximum absolute atomic E-state index is 13.5. The Labute approximate surface area is 182 Å². The lowest BCUT2D eigenvalue weighted by molar-refractivity contribution is -0.124. The number of hydrogen-bond donors (Lipinski definition) is 1. The molecule has 1 saturated heterocycles. The van der Waals surface area contributed by atoms with Gasteiger partial charge >= 0.3 is 0 Å². The highest BCUT2D eigenvalue weighted by atomic mass is 32.2. The van der Waals surface area contributed by atoms with E-state index in [0.29, 0.717) is 36.5 Å². The highest BCUT2D eigenvalue weighted by Gasteiger charge is 2.36. The number of sulfone groups is 1. The summed E-state index contributed by atoms with van der Waals surface area (Å²) in [6, 6.07) is 6.20. The number of fused-ring (bicyclic) bond motifs is 1. The first-order chi connectivity index (χ1) is 14.5. The van der Waals surface area contributed by atoms with Gasteiger partial charge in [-0.3, -0.25) is 13.8 Å². The van der Waals surface area contributed by atoms with Crippen LogP contribution in [-0.4, -0.2) is 56.6 Å². The van der Waals surface area contributed by atoms with Gasteiger partial charge in [-0.1, -0.05) is 18.2 Å². The number of anilines is 1. The van der Waals surface area contributed by atoms with Crippen molar-refractivity contribution in [3.05, 3.63) is 41.2 Å². The Morgan fingerprint density at radius 3 is 2.65 bits per heavy atom. The molecule has 0 spiro atoms. The molecule has 0 saturated carbocycles. The molecule has 2 aromatic rings. The van der Waals surface area contributed by atoms with Gasteiger partial charge in [-0.2, -0.15) is 5.10 Å². The second kappa shape index (κ2) is 7.63. The van der Waals surface area contributed by atoms with Crippen LogP contribution in [0.15, 0.2) is 29.2 Å². The lowest BCUT2D eigenvalue weighted by Gasteiger charge is -2.20. The minimum Gasteiger partial charge on any atom is -0.350 e. The van der Waals surface area contributed by atoms with E-state index in [1.807, 2.05) is 18.2 Å². The zero-order valence-electron chi connectivity index (χ0n) is 17.7. The SMILES string of the molecule is Cc1nn([C@@H](C)C(=O)N[C@@H]2CCS(=O)(=O)C2)c(C)c1S(=O)(=O)N1CCc2ccccc21. The van der Waals surface area contributed by atoms with Crippen LogP contribution in [0.5, 0.6) is 0 Å². The molecule has 0 bridgehead atoms. The number of carbonyl (C=O) groups excluding carboxylic acids is 1. The second-order valence-corrected chi connectivity index (χ2v) is 12.2. The van der Waals surface area contributed by atoms with Crippen molar-refractivity contribution in [2.75, 3.05) is 22.4 Å². The van der Waals surface area contributed by atoms with Crippen LogP contribution in [0.2, 0.25) is 0 Å². The van der Waals surface area contributed by atoms with Crippen LogP contribution in [0.4, 0.5) is 5.69 Å². The summed E-state index contributed by atoms with van der Waals surface area (Å²) in [7, 11) is -6.97. The van der Waals surface area contributed by atoms with E-state index in [9.17, 15) is 21.6 Å². The van der Waals surface area contributed by atoms with Gasteiger partial charge in [0.1, 0.15) is 10.9 Å². The molecule has 1 fully saturated rings. The number of aromatic nitrogens is 2. The molecule has 3 heterocycles. The first-order valence-corrected chi connectivity index (χ1v) is 13.4. The maximum Gasteiger partial charge on any atom is 0.268 e. The highest BCUT2D eigenvalue weighted by molar-refractivity contribution is 7.93. The Hall–Kier alpha value is -2.40. The zero-order valence-corrected chi connectivity index (χ0v) is 19.3. The number of hydrogen-bond acceptors (Lipinski definition) is 6. The Kier molecular flexibility index (Phi) is 5.37. The summed E-state index contributed by atoms with van der Waals surface area (Å²) >= 11 is 0. The molecular weight excluding hydrogens is 440 g/mol. The van der Waals surface area contributed by atoms with E-state index in [0.717, 1.165) is 5.56 Å². The molecule has 4 rings (SSSR count). The van der Waals surface area contributed by atoms with Crippen LogP contribution < -0.4 is 9.62 Å². The van der Waals surface area contributed by atoms with Gasteiger partial charge in [-0.05, 0) is 45.2 Å². The number of nitrogens with one attached hydrogen (secondary N) is 1. The highest BCUT2D eigenvalue weighted by Crippen LogP contribution is 2.35. The fourth-order valence-electron chi connectivity index (χ4n) is 4.41. The number of aryl methyl sites for hydroxylation is 1. The van der Waals surface area contributed by atoms with Crippen molar-refractivity contribution >= 4 is 31.5 Å². The van der Waals surface area contributed by atoms with Crippen molar-refractivity contribution in [2.24, 2.45) is 0 Å². The lowest BCUT2D eigenvalue weighted by atomic mass is 10.2. The van der Waals surface area contributed by atoms with E-state index >= 15 is 0 Å². The normalized spacial score (nSPS) is 21.1. The minimum absolute atomic E-state index is 0.0614. The van der Waals surface area contributed by atoms with Crippen LogP contribution in [0, 0.1) is 13.8 Å². The standard InChI is InChI=1S/C20H26N4O5S2/c1-13-19(31(28,29)23-10-8-16-6-4-5-7-18(16)23)14(2)24(22-13)15(3)20(25)21-17-9-11-30(26,27)12-17/h4-7,15,17H,8-12H2,1-3H3,(H,21,25)/t15-,17+/m0/s1. The maximum atomic E-state index is 13.5. The van der Waals surface area contributed by atoms with Crippen molar-refractivity contribution in [3.63, 3.8) is 0 Å². The van der Waals surface area contributed by atoms with Crippen molar-refractivity contribution in [1.82, 2.24) is 15.1 Å². The van der Waals surface area contributed by atoms with Crippen molar-refractivity contribution in [2.45, 2.75) is 50.6 Å². The average molecular weight is 467 g/mol. The molecule has 1 aromatic heterocycles. The molecule has 0 unspecified atom stereocenters. The molecule has 9 nitrogen and oxygen atoms in total. The number of sulfonamides is 1. The van der Waals surface area contributed by atoms with Crippen LogP contribution in [0.1, 0.15) is 36.3 Å². The topological polar surface area (TPSA) is 118 Å². The summed E-state index contributed by atoms with van der Waals surface area (Å²) in [4.78, 5) is 12.8. The van der Waals surface area contributed by atoms with E-state index in [4.69, 9.17) is 0 Å². The summed E-state index contributed by atoms with van der Waals surface area (Å²) in [6.07, 6.45) is 1.02. The van der Waals surface area contributed by atoms with Crippen LogP contribution in [0.3, 0.4) is 0 Å². The van der Waals surface area contributed by atoms with E-state index in [-0.39, 0.29) is 22.3 Å². The summed E-state index contributed by atoms with van der Waals surface area (Å²) in [6.45, 7) is 5.24. The molecule has 31 heavy (non-hydrogen) atoms. The van der Waals surface area contributed by atoms with Gasteiger partial charge < -0.3 is 5.32 Å². The van der Waals surface area contributed by atoms with E-state index < -0.39 is 31.9 Å². The van der Waals surface area contributed by atoms with E-state index in [1.54, 1.807) is 26.8 Å². The fraction of sp³-hybridized carbons (Fsp3) is 0.500. The molecule has 2 aliphatic heterocycles. The fourth-order valence-corrected chi connectivity index (χ4v) is 7.95. The third-order valence-corrected chi connectivity index (χ3v) is 9.81. The Bertz CT molecular complexity index is 1250. The number of amides is 1. The first-order valence-electron chi connectivity index (χ1n) is 10.2. The third kappa shape index (κ3) is 3.84. The largest absolute Gasteiger partial charge is 0.350 e. The average Bonchev–Trinajstić information content (AvgIpc) is 3.36. The van der Waals surface area contributed by atoms with Gasteiger partial charge in [0.2, 0.25) is 5.91 Å². The van der Waals surface area contributed by atoms with Crippen LogP contribution in [-0.2, 0) is 31.1 Å². The number of para-hydroxylation sites is 1. The van der Waals surface area contributed by atoms with Gasteiger partial charge in [-0.15, -0.1) is 0 Å². The van der Waals surface area contributed by atoms with Gasteiger partial charge in [0.15, 0.2) is 9.84 Å². The Morgan fingerprint density at radius 2 is 1.97 bits per heavy atom. The molecule has 1 amide bonds. The van der Waals surface area contributed by atoms with Gasteiger partial charge in [0.05, 0.1) is 28.6 Å². The van der Waals surface area contributed by atoms with E-state index in [2.05, 4.69) is 10.4 Å². The molecule has 2 atom stereocenters. The summed E-state index contributed by atoms with van der Waals surface area (Å²) < 4.78 is 53.1. The number of carbonyl (C=O) groups is 1. The quantitative estimate of drug-likeness (QED) is 0.705. The van der Waals surface area contributed by atoms with Crippen LogP contribution in [0.25, 0.3) is 0 Å². The van der Waals surface area contributed by atoms with Crippen molar-refractivity contribution in [1.29, 1.82) is 0 Å². The number of nitrogens with zero attached hydrogens (tertiary/aromatic N) is 3. The molecule has 1 aromatic carbocycles. The Morgan fingerprint density at radius 1 is 1.26 bits per heavy atom. The predicted molar refractivity (Wildman–Crippen MR) is 116 cm³/mol. The minimum atomic E-state index is -3.85. The summed E-state index contributed by atoms with van der Waals surface area (Å²) in [5.74, 6) is -0.397. The number of benzene rings is 1. The number of rotatable bonds is 5. The molecule has 0 aliphatic carbocycles. The molecular formula is C20H26N4O5S2. The van der Waals surface area contributed by atoms with Crippen LogP contribution >= 0.6 is 0 Å².